The summed E-state index contributed by atoms with van der Waals surface area (Å²) in [4.78, 5) is 2.61. The highest BCUT2D eigenvalue weighted by Gasteiger charge is 2.18. The number of unbranched alkanes of at least 4 members (excludes halogenated alkanes) is 1. The molecule has 1 fully saturated rings. The zero-order chi connectivity index (χ0) is 13.5. The first-order valence-corrected chi connectivity index (χ1v) is 7.80. The number of hydrogen-bond acceptors (Lipinski definition) is 3. The molecular formula is C15H28N4. The van der Waals surface area contributed by atoms with E-state index in [-0.39, 0.29) is 0 Å². The number of nitrogens with zero attached hydrogens (tertiary/aromatic N) is 3. The molecule has 0 unspecified atom stereocenters. The SMILES string of the molecule is CCCCN1CCC(NCc2ccnn2CC)CC1. The van der Waals surface area contributed by atoms with Crippen LogP contribution in [0, 0.1) is 0 Å². The minimum Gasteiger partial charge on any atom is -0.308 e. The van der Waals surface area contributed by atoms with Crippen molar-refractivity contribution in [1.29, 1.82) is 0 Å². The highest BCUT2D eigenvalue weighted by Crippen LogP contribution is 2.12. The lowest BCUT2D eigenvalue weighted by molar-refractivity contribution is 0.194. The summed E-state index contributed by atoms with van der Waals surface area (Å²) in [5.41, 5.74) is 1.30. The van der Waals surface area contributed by atoms with Gasteiger partial charge in [0.05, 0.1) is 5.69 Å². The Balaban J connectivity index is 1.68. The van der Waals surface area contributed by atoms with Crippen LogP contribution in [0.2, 0.25) is 0 Å². The van der Waals surface area contributed by atoms with Gasteiger partial charge in [0.25, 0.3) is 0 Å². The van der Waals surface area contributed by atoms with Gasteiger partial charge in [0.1, 0.15) is 0 Å². The molecule has 1 aromatic heterocycles. The number of nitrogens with one attached hydrogen (secondary N) is 1. The Bertz CT molecular complexity index is 353. The molecule has 19 heavy (non-hydrogen) atoms. The minimum absolute atomic E-state index is 0.679. The van der Waals surface area contributed by atoms with Crippen molar-refractivity contribution >= 4 is 0 Å². The van der Waals surface area contributed by atoms with E-state index in [2.05, 4.69) is 39.9 Å². The van der Waals surface area contributed by atoms with Crippen LogP contribution in [0.3, 0.4) is 0 Å². The van der Waals surface area contributed by atoms with Crippen molar-refractivity contribution in [3.8, 4) is 0 Å². The summed E-state index contributed by atoms with van der Waals surface area (Å²) >= 11 is 0. The van der Waals surface area contributed by atoms with Crippen molar-refractivity contribution in [2.75, 3.05) is 19.6 Å². The Morgan fingerprint density at radius 3 is 2.79 bits per heavy atom. The van der Waals surface area contributed by atoms with Crippen molar-refractivity contribution in [1.82, 2.24) is 20.0 Å². The van der Waals surface area contributed by atoms with Gasteiger partial charge in [0.2, 0.25) is 0 Å². The van der Waals surface area contributed by atoms with E-state index in [1.165, 1.54) is 51.0 Å². The molecule has 1 aromatic rings. The molecular weight excluding hydrogens is 236 g/mol. The maximum atomic E-state index is 4.31. The fourth-order valence-electron chi connectivity index (χ4n) is 2.79. The molecule has 0 amide bonds. The van der Waals surface area contributed by atoms with E-state index in [0.717, 1.165) is 13.1 Å². The van der Waals surface area contributed by atoms with E-state index in [9.17, 15) is 0 Å². The Morgan fingerprint density at radius 1 is 1.32 bits per heavy atom. The van der Waals surface area contributed by atoms with Gasteiger partial charge in [-0.05, 0) is 51.9 Å². The summed E-state index contributed by atoms with van der Waals surface area (Å²) in [6, 6.07) is 2.80. The number of aryl methyl sites for hydroxylation is 1. The number of likely N-dealkylation sites (tertiary alicyclic amines) is 1. The van der Waals surface area contributed by atoms with Crippen molar-refractivity contribution in [3.63, 3.8) is 0 Å². The summed E-state index contributed by atoms with van der Waals surface area (Å²) in [5.74, 6) is 0. The summed E-state index contributed by atoms with van der Waals surface area (Å²) in [6.45, 7) is 10.1. The first-order valence-electron chi connectivity index (χ1n) is 7.80. The molecule has 0 atom stereocenters. The first-order chi connectivity index (χ1) is 9.33. The molecule has 2 heterocycles. The summed E-state index contributed by atoms with van der Waals surface area (Å²) in [6.07, 6.45) is 7.11. The average Bonchev–Trinajstić information content (AvgIpc) is 2.91. The second-order valence-corrected chi connectivity index (χ2v) is 5.49. The third kappa shape index (κ3) is 4.32. The lowest BCUT2D eigenvalue weighted by Crippen LogP contribution is -2.42. The number of rotatable bonds is 7. The van der Waals surface area contributed by atoms with Crippen LogP contribution in [-0.2, 0) is 13.1 Å². The first kappa shape index (κ1) is 14.5. The maximum Gasteiger partial charge on any atom is 0.0522 e. The van der Waals surface area contributed by atoms with Gasteiger partial charge in [-0.25, -0.2) is 0 Å². The van der Waals surface area contributed by atoms with Gasteiger partial charge >= 0.3 is 0 Å². The molecule has 1 saturated heterocycles. The molecule has 2 rings (SSSR count). The zero-order valence-corrected chi connectivity index (χ0v) is 12.4. The predicted octanol–water partition coefficient (Wildman–Crippen LogP) is 2.26. The molecule has 108 valence electrons. The van der Waals surface area contributed by atoms with E-state index in [1.807, 2.05) is 6.20 Å². The van der Waals surface area contributed by atoms with Gasteiger partial charge in [-0.1, -0.05) is 13.3 Å². The van der Waals surface area contributed by atoms with Crippen molar-refractivity contribution in [2.45, 2.75) is 58.7 Å². The minimum atomic E-state index is 0.679. The quantitative estimate of drug-likeness (QED) is 0.820. The predicted molar refractivity (Wildman–Crippen MR) is 79.1 cm³/mol. The van der Waals surface area contributed by atoms with Crippen molar-refractivity contribution in [2.24, 2.45) is 0 Å². The second kappa shape index (κ2) is 7.65. The summed E-state index contributed by atoms with van der Waals surface area (Å²) in [7, 11) is 0. The fourth-order valence-corrected chi connectivity index (χ4v) is 2.79. The maximum absolute atomic E-state index is 4.31. The largest absolute Gasteiger partial charge is 0.308 e. The average molecular weight is 264 g/mol. The molecule has 4 heteroatoms. The van der Waals surface area contributed by atoms with Gasteiger partial charge < -0.3 is 10.2 Å². The van der Waals surface area contributed by atoms with Gasteiger partial charge in [0, 0.05) is 25.3 Å². The van der Waals surface area contributed by atoms with Gasteiger partial charge in [-0.2, -0.15) is 5.10 Å². The molecule has 0 aromatic carbocycles. The van der Waals surface area contributed by atoms with E-state index in [4.69, 9.17) is 0 Å². The lowest BCUT2D eigenvalue weighted by Gasteiger charge is -2.32. The fraction of sp³-hybridized carbons (Fsp3) is 0.800. The molecule has 0 saturated carbocycles. The van der Waals surface area contributed by atoms with Crippen LogP contribution in [0.1, 0.15) is 45.2 Å². The Morgan fingerprint density at radius 2 is 2.11 bits per heavy atom. The van der Waals surface area contributed by atoms with Crippen LogP contribution >= 0.6 is 0 Å². The van der Waals surface area contributed by atoms with Crippen LogP contribution in [0.25, 0.3) is 0 Å². The zero-order valence-electron chi connectivity index (χ0n) is 12.4. The van der Waals surface area contributed by atoms with Crippen LogP contribution < -0.4 is 5.32 Å². The Labute approximate surface area is 117 Å². The Hall–Kier alpha value is -0.870. The van der Waals surface area contributed by atoms with Crippen LogP contribution in [-0.4, -0.2) is 40.4 Å². The van der Waals surface area contributed by atoms with Crippen molar-refractivity contribution in [3.05, 3.63) is 18.0 Å². The smallest absolute Gasteiger partial charge is 0.0522 e. The van der Waals surface area contributed by atoms with Gasteiger partial charge in [0.15, 0.2) is 0 Å². The van der Waals surface area contributed by atoms with E-state index in [1.54, 1.807) is 0 Å². The van der Waals surface area contributed by atoms with E-state index < -0.39 is 0 Å². The molecule has 0 bridgehead atoms. The summed E-state index contributed by atoms with van der Waals surface area (Å²) in [5, 5.41) is 8.00. The molecule has 1 aliphatic rings. The summed E-state index contributed by atoms with van der Waals surface area (Å²) < 4.78 is 2.07. The Kier molecular flexibility index (Phi) is 5.86. The van der Waals surface area contributed by atoms with Gasteiger partial charge in [-0.15, -0.1) is 0 Å². The normalized spacial score (nSPS) is 18.0. The van der Waals surface area contributed by atoms with Gasteiger partial charge in [-0.3, -0.25) is 4.68 Å². The van der Waals surface area contributed by atoms with Crippen LogP contribution in [0.4, 0.5) is 0 Å². The third-order valence-corrected chi connectivity index (χ3v) is 4.09. The second-order valence-electron chi connectivity index (χ2n) is 5.49. The standard InChI is InChI=1S/C15H28N4/c1-3-5-10-18-11-7-14(8-12-18)16-13-15-6-9-17-19(15)4-2/h6,9,14,16H,3-5,7-8,10-13H2,1-2H3. The molecule has 1 N–H and O–H groups in total. The number of aromatic nitrogens is 2. The van der Waals surface area contributed by atoms with E-state index in [0.29, 0.717) is 6.04 Å². The van der Waals surface area contributed by atoms with Crippen LogP contribution in [0.15, 0.2) is 12.3 Å². The number of piperidine rings is 1. The van der Waals surface area contributed by atoms with Crippen LogP contribution in [0.5, 0.6) is 0 Å². The molecule has 0 spiro atoms. The molecule has 1 aliphatic heterocycles. The lowest BCUT2D eigenvalue weighted by atomic mass is 10.0. The number of hydrogen-bond donors (Lipinski definition) is 1. The monoisotopic (exact) mass is 264 g/mol. The topological polar surface area (TPSA) is 33.1 Å². The highest BCUT2D eigenvalue weighted by molar-refractivity contribution is 5.00. The van der Waals surface area contributed by atoms with E-state index >= 15 is 0 Å². The highest BCUT2D eigenvalue weighted by atomic mass is 15.3. The molecule has 0 radical (unpaired) electrons. The third-order valence-electron chi connectivity index (χ3n) is 4.09. The van der Waals surface area contributed by atoms with Crippen molar-refractivity contribution < 1.29 is 0 Å². The molecule has 0 aliphatic carbocycles. The molecule has 4 nitrogen and oxygen atoms in total.